The van der Waals surface area contributed by atoms with E-state index < -0.39 is 0 Å². The van der Waals surface area contributed by atoms with Crippen LogP contribution in [-0.4, -0.2) is 0 Å². The average molecular weight is 734 g/mol. The third-order valence-electron chi connectivity index (χ3n) is 11.3. The molecule has 4 heteroatoms. The second-order valence-electron chi connectivity index (χ2n) is 14.4. The summed E-state index contributed by atoms with van der Waals surface area (Å²) in [5, 5.41) is 9.40. The maximum atomic E-state index is 6.80. The standard InChI is InChI=1S/C52H31NO2S/c1-2-13-34-31-48-44(30-33(34)12-1)42-20-10-18-40(51(42)55-48)37-14-3-6-22-45(37)53(46-23-11-21-43-39-16-5-8-25-49(39)56-52(43)46)35-28-26-32(27-29-35)36-17-9-19-41-38-15-4-7-24-47(38)54-50(36)41/h1-31H. The van der Waals surface area contributed by atoms with E-state index in [1.54, 1.807) is 0 Å². The Morgan fingerprint density at radius 2 is 0.964 bits per heavy atom. The topological polar surface area (TPSA) is 29.5 Å². The van der Waals surface area contributed by atoms with Crippen LogP contribution < -0.4 is 4.90 Å². The summed E-state index contributed by atoms with van der Waals surface area (Å²) in [5.41, 5.74) is 11.2. The van der Waals surface area contributed by atoms with Crippen molar-refractivity contribution in [3.05, 3.63) is 188 Å². The molecule has 0 aliphatic rings. The first-order valence-corrected chi connectivity index (χ1v) is 19.7. The van der Waals surface area contributed by atoms with Crippen molar-refractivity contribution in [1.82, 2.24) is 0 Å². The van der Waals surface area contributed by atoms with Crippen LogP contribution in [-0.2, 0) is 0 Å². The quantitative estimate of drug-likeness (QED) is 0.176. The molecule has 262 valence electrons. The number of rotatable bonds is 5. The normalized spacial score (nSPS) is 11.9. The lowest BCUT2D eigenvalue weighted by Crippen LogP contribution is -2.11. The minimum Gasteiger partial charge on any atom is -0.455 e. The highest BCUT2D eigenvalue weighted by Crippen LogP contribution is 2.49. The number of nitrogens with zero attached hydrogens (tertiary/aromatic N) is 1. The van der Waals surface area contributed by atoms with Crippen LogP contribution in [0.2, 0.25) is 0 Å². The van der Waals surface area contributed by atoms with Gasteiger partial charge in [0.25, 0.3) is 0 Å². The van der Waals surface area contributed by atoms with Crippen molar-refractivity contribution < 1.29 is 8.83 Å². The Bertz CT molecular complexity index is 3500. The summed E-state index contributed by atoms with van der Waals surface area (Å²) in [6, 6.07) is 67.2. The molecular formula is C52H31NO2S. The highest BCUT2D eigenvalue weighted by Gasteiger charge is 2.23. The lowest BCUT2D eigenvalue weighted by atomic mass is 9.98. The van der Waals surface area contributed by atoms with Gasteiger partial charge in [-0.2, -0.15) is 0 Å². The molecule has 0 unspecified atom stereocenters. The molecule has 0 bridgehead atoms. The van der Waals surface area contributed by atoms with Crippen molar-refractivity contribution in [3.63, 3.8) is 0 Å². The number of fused-ring (bicyclic) bond motifs is 10. The van der Waals surface area contributed by atoms with Crippen molar-refractivity contribution >= 4 is 103 Å². The highest BCUT2D eigenvalue weighted by molar-refractivity contribution is 7.26. The Hall–Kier alpha value is -7.14. The van der Waals surface area contributed by atoms with E-state index in [1.807, 2.05) is 23.5 Å². The van der Waals surface area contributed by atoms with E-state index in [-0.39, 0.29) is 0 Å². The predicted octanol–water partition coefficient (Wildman–Crippen LogP) is 15.8. The summed E-state index contributed by atoms with van der Waals surface area (Å²) in [7, 11) is 0. The molecule has 3 heterocycles. The highest BCUT2D eigenvalue weighted by atomic mass is 32.1. The number of furan rings is 2. The van der Waals surface area contributed by atoms with E-state index in [9.17, 15) is 0 Å². The molecule has 0 aliphatic carbocycles. The number of thiophene rings is 1. The largest absolute Gasteiger partial charge is 0.455 e. The number of anilines is 3. The third-order valence-corrected chi connectivity index (χ3v) is 12.5. The first-order valence-electron chi connectivity index (χ1n) is 18.9. The molecule has 0 spiro atoms. The van der Waals surface area contributed by atoms with Gasteiger partial charge in [0.1, 0.15) is 22.3 Å². The molecule has 12 aromatic rings. The molecule has 0 amide bonds. The van der Waals surface area contributed by atoms with Crippen LogP contribution in [0.5, 0.6) is 0 Å². The summed E-state index contributed by atoms with van der Waals surface area (Å²) in [6.45, 7) is 0. The van der Waals surface area contributed by atoms with Crippen LogP contribution in [0.25, 0.3) is 97.1 Å². The lowest BCUT2D eigenvalue weighted by molar-refractivity contribution is 0.670. The van der Waals surface area contributed by atoms with Gasteiger partial charge in [0.15, 0.2) is 0 Å². The molecule has 0 saturated heterocycles. The minimum absolute atomic E-state index is 0.888. The molecule has 0 fully saturated rings. The Labute approximate surface area is 325 Å². The number of hydrogen-bond acceptors (Lipinski definition) is 4. The van der Waals surface area contributed by atoms with E-state index >= 15 is 0 Å². The van der Waals surface area contributed by atoms with Crippen molar-refractivity contribution in [1.29, 1.82) is 0 Å². The molecule has 12 rings (SSSR count). The van der Waals surface area contributed by atoms with E-state index in [1.165, 1.54) is 30.9 Å². The monoisotopic (exact) mass is 733 g/mol. The number of benzene rings is 9. The van der Waals surface area contributed by atoms with Crippen LogP contribution in [0, 0.1) is 0 Å². The summed E-state index contributed by atoms with van der Waals surface area (Å²) in [6.07, 6.45) is 0. The van der Waals surface area contributed by atoms with E-state index in [4.69, 9.17) is 8.83 Å². The Balaban J connectivity index is 1.08. The van der Waals surface area contributed by atoms with Crippen LogP contribution in [0.4, 0.5) is 17.1 Å². The summed E-state index contributed by atoms with van der Waals surface area (Å²) in [4.78, 5) is 2.42. The van der Waals surface area contributed by atoms with Crippen LogP contribution in [0.3, 0.4) is 0 Å². The van der Waals surface area contributed by atoms with Gasteiger partial charge in [0.05, 0.1) is 16.1 Å². The van der Waals surface area contributed by atoms with E-state index in [0.29, 0.717) is 0 Å². The van der Waals surface area contributed by atoms with Gasteiger partial charge in [-0.1, -0.05) is 140 Å². The molecule has 3 nitrogen and oxygen atoms in total. The second-order valence-corrected chi connectivity index (χ2v) is 15.5. The van der Waals surface area contributed by atoms with Crippen molar-refractivity contribution in [2.24, 2.45) is 0 Å². The van der Waals surface area contributed by atoms with Gasteiger partial charge in [-0.3, -0.25) is 0 Å². The van der Waals surface area contributed by atoms with E-state index in [2.05, 4.69) is 181 Å². The lowest BCUT2D eigenvalue weighted by Gasteiger charge is -2.28. The Morgan fingerprint density at radius 3 is 1.84 bits per heavy atom. The second kappa shape index (κ2) is 12.2. The fourth-order valence-corrected chi connectivity index (χ4v) is 9.88. The molecule has 0 saturated carbocycles. The maximum Gasteiger partial charge on any atom is 0.143 e. The molecule has 0 atom stereocenters. The summed E-state index contributed by atoms with van der Waals surface area (Å²) in [5.74, 6) is 0. The smallest absolute Gasteiger partial charge is 0.143 e. The van der Waals surface area contributed by atoms with Gasteiger partial charge in [-0.05, 0) is 64.9 Å². The molecule has 0 aliphatic heterocycles. The third kappa shape index (κ3) is 4.70. The van der Waals surface area contributed by atoms with Crippen molar-refractivity contribution in [2.45, 2.75) is 0 Å². The van der Waals surface area contributed by atoms with Crippen LogP contribution in [0.1, 0.15) is 0 Å². The molecular weight excluding hydrogens is 703 g/mol. The fraction of sp³-hybridized carbons (Fsp3) is 0. The first kappa shape index (κ1) is 31.2. The first-order chi connectivity index (χ1) is 27.8. The molecule has 0 N–H and O–H groups in total. The predicted molar refractivity (Wildman–Crippen MR) is 237 cm³/mol. The van der Waals surface area contributed by atoms with Gasteiger partial charge >= 0.3 is 0 Å². The van der Waals surface area contributed by atoms with E-state index in [0.717, 1.165) is 83.2 Å². The number of hydrogen-bond donors (Lipinski definition) is 0. The Morgan fingerprint density at radius 1 is 0.375 bits per heavy atom. The minimum atomic E-state index is 0.888. The van der Waals surface area contributed by atoms with Crippen molar-refractivity contribution in [2.75, 3.05) is 4.90 Å². The van der Waals surface area contributed by atoms with Crippen molar-refractivity contribution in [3.8, 4) is 22.3 Å². The van der Waals surface area contributed by atoms with Gasteiger partial charge in [-0.15, -0.1) is 11.3 Å². The Kier molecular flexibility index (Phi) is 6.80. The zero-order chi connectivity index (χ0) is 36.7. The molecule has 9 aromatic carbocycles. The van der Waals surface area contributed by atoms with Crippen LogP contribution >= 0.6 is 11.3 Å². The summed E-state index contributed by atoms with van der Waals surface area (Å²) >= 11 is 1.84. The SMILES string of the molecule is c1ccc(N(c2ccc(-c3cccc4c3oc3ccccc34)cc2)c2cccc3c2sc2ccccc23)c(-c2cccc3c2oc2cc4ccccc4cc23)c1. The molecule has 3 aromatic heterocycles. The van der Waals surface area contributed by atoms with Gasteiger partial charge in [-0.25, -0.2) is 0 Å². The van der Waals surface area contributed by atoms with Gasteiger partial charge in [0.2, 0.25) is 0 Å². The summed E-state index contributed by atoms with van der Waals surface area (Å²) < 4.78 is 15.8. The number of para-hydroxylation sites is 4. The van der Waals surface area contributed by atoms with Crippen LogP contribution in [0.15, 0.2) is 197 Å². The van der Waals surface area contributed by atoms with Gasteiger partial charge in [0, 0.05) is 59.4 Å². The zero-order valence-corrected chi connectivity index (χ0v) is 30.9. The molecule has 56 heavy (non-hydrogen) atoms. The molecule has 0 radical (unpaired) electrons. The average Bonchev–Trinajstić information content (AvgIpc) is 3.95. The fourth-order valence-electron chi connectivity index (χ4n) is 8.67. The maximum absolute atomic E-state index is 6.80. The zero-order valence-electron chi connectivity index (χ0n) is 30.1. The van der Waals surface area contributed by atoms with Gasteiger partial charge < -0.3 is 13.7 Å².